The molecule has 148 valence electrons. The van der Waals surface area contributed by atoms with Crippen molar-refractivity contribution in [3.63, 3.8) is 0 Å². The van der Waals surface area contributed by atoms with Gasteiger partial charge in [-0.25, -0.2) is 0 Å². The van der Waals surface area contributed by atoms with Gasteiger partial charge in [0.15, 0.2) is 0 Å². The topological polar surface area (TPSA) is 50.3 Å². The van der Waals surface area contributed by atoms with Gasteiger partial charge in [0.1, 0.15) is 5.75 Å². The van der Waals surface area contributed by atoms with Crippen molar-refractivity contribution < 1.29 is 9.53 Å². The summed E-state index contributed by atoms with van der Waals surface area (Å²) in [5, 5.41) is 5.36. The third-order valence-electron chi connectivity index (χ3n) is 5.82. The molecule has 5 rings (SSSR count). The van der Waals surface area contributed by atoms with Gasteiger partial charge in [0, 0.05) is 54.1 Å². The van der Waals surface area contributed by atoms with Gasteiger partial charge in [0.05, 0.1) is 19.6 Å². The fourth-order valence-electron chi connectivity index (χ4n) is 4.24. The predicted molar refractivity (Wildman–Crippen MR) is 115 cm³/mol. The normalized spacial score (nSPS) is 14.7. The van der Waals surface area contributed by atoms with E-state index in [4.69, 9.17) is 4.74 Å². The zero-order valence-electron chi connectivity index (χ0n) is 16.3. The quantitative estimate of drug-likeness (QED) is 0.527. The SMILES string of the molecule is COc1ccc2[nH]c3c(c2c1)CN(C(=O)CC(c1ccsc1)n1cccc1)CC3. The van der Waals surface area contributed by atoms with Gasteiger partial charge in [-0.15, -0.1) is 0 Å². The van der Waals surface area contributed by atoms with E-state index in [1.54, 1.807) is 18.4 Å². The standard InChI is InChI=1S/C23H23N3O2S/c1-28-17-4-5-20-18(12-17)19-14-26(10-6-21(19)24-20)23(27)13-22(16-7-11-29-15-16)25-8-2-3-9-25/h2-5,7-9,11-12,15,22,24H,6,10,13-14H2,1H3. The maximum absolute atomic E-state index is 13.3. The van der Waals surface area contributed by atoms with Crippen LogP contribution in [0.3, 0.4) is 0 Å². The third kappa shape index (κ3) is 3.34. The molecule has 3 aromatic heterocycles. The number of ether oxygens (including phenoxy) is 1. The first-order valence-corrected chi connectivity index (χ1v) is 10.8. The van der Waals surface area contributed by atoms with Crippen LogP contribution in [-0.2, 0) is 17.8 Å². The molecule has 4 aromatic rings. The Morgan fingerprint density at radius 2 is 2.14 bits per heavy atom. The number of carbonyl (C=O) groups excluding carboxylic acids is 1. The molecule has 1 amide bonds. The molecule has 0 saturated heterocycles. The molecule has 1 unspecified atom stereocenters. The Balaban J connectivity index is 1.40. The number of aromatic amines is 1. The first-order chi connectivity index (χ1) is 14.2. The van der Waals surface area contributed by atoms with E-state index in [-0.39, 0.29) is 11.9 Å². The van der Waals surface area contributed by atoms with E-state index in [0.29, 0.717) is 13.0 Å². The number of H-pyrrole nitrogens is 1. The second-order valence-electron chi connectivity index (χ2n) is 7.47. The molecule has 0 fully saturated rings. The minimum Gasteiger partial charge on any atom is -0.497 e. The lowest BCUT2D eigenvalue weighted by Gasteiger charge is -2.29. The Hall–Kier alpha value is -2.99. The van der Waals surface area contributed by atoms with Crippen molar-refractivity contribution in [1.29, 1.82) is 0 Å². The van der Waals surface area contributed by atoms with Crippen molar-refractivity contribution in [2.75, 3.05) is 13.7 Å². The fourth-order valence-corrected chi connectivity index (χ4v) is 4.95. The highest BCUT2D eigenvalue weighted by Crippen LogP contribution is 2.32. The van der Waals surface area contributed by atoms with Crippen LogP contribution in [-0.4, -0.2) is 34.0 Å². The lowest BCUT2D eigenvalue weighted by Crippen LogP contribution is -2.37. The maximum Gasteiger partial charge on any atom is 0.225 e. The van der Waals surface area contributed by atoms with Gasteiger partial charge in [-0.05, 0) is 52.7 Å². The summed E-state index contributed by atoms with van der Waals surface area (Å²) in [6.07, 6.45) is 5.39. The van der Waals surface area contributed by atoms with Crippen molar-refractivity contribution in [3.05, 3.63) is 76.4 Å². The number of amides is 1. The highest BCUT2D eigenvalue weighted by molar-refractivity contribution is 7.08. The van der Waals surface area contributed by atoms with Crippen LogP contribution in [0.1, 0.15) is 29.3 Å². The van der Waals surface area contributed by atoms with Crippen molar-refractivity contribution in [2.45, 2.75) is 25.4 Å². The molecule has 0 aliphatic carbocycles. The number of nitrogens with one attached hydrogen (secondary N) is 1. The molecule has 0 bridgehead atoms. The Morgan fingerprint density at radius 1 is 1.28 bits per heavy atom. The van der Waals surface area contributed by atoms with Crippen LogP contribution in [0.5, 0.6) is 5.75 Å². The number of hydrogen-bond acceptors (Lipinski definition) is 3. The van der Waals surface area contributed by atoms with Crippen molar-refractivity contribution in [3.8, 4) is 5.75 Å². The Labute approximate surface area is 173 Å². The molecule has 1 aromatic carbocycles. The summed E-state index contributed by atoms with van der Waals surface area (Å²) >= 11 is 1.67. The van der Waals surface area contributed by atoms with Crippen molar-refractivity contribution in [1.82, 2.24) is 14.5 Å². The number of nitrogens with zero attached hydrogens (tertiary/aromatic N) is 2. The van der Waals surface area contributed by atoms with Crippen LogP contribution < -0.4 is 4.74 Å². The molecule has 1 aliphatic heterocycles. The fraction of sp³-hybridized carbons (Fsp3) is 0.261. The number of aromatic nitrogens is 2. The average Bonchev–Trinajstić information content (AvgIpc) is 3.52. The summed E-state index contributed by atoms with van der Waals surface area (Å²) in [5.74, 6) is 1.03. The van der Waals surface area contributed by atoms with Crippen LogP contribution in [0.2, 0.25) is 0 Å². The molecule has 1 atom stereocenters. The summed E-state index contributed by atoms with van der Waals surface area (Å²) in [7, 11) is 1.68. The van der Waals surface area contributed by atoms with E-state index in [2.05, 4.69) is 38.5 Å². The summed E-state index contributed by atoms with van der Waals surface area (Å²) in [4.78, 5) is 18.8. The first kappa shape index (κ1) is 18.1. The number of thiophene rings is 1. The highest BCUT2D eigenvalue weighted by Gasteiger charge is 2.27. The Kier molecular flexibility index (Phi) is 4.64. The molecule has 0 spiro atoms. The number of rotatable bonds is 5. The minimum atomic E-state index is 0.0354. The molecule has 0 saturated carbocycles. The zero-order valence-corrected chi connectivity index (χ0v) is 17.1. The van der Waals surface area contributed by atoms with Crippen molar-refractivity contribution in [2.24, 2.45) is 0 Å². The second kappa shape index (κ2) is 7.44. The van der Waals surface area contributed by atoms with Gasteiger partial charge in [0.2, 0.25) is 5.91 Å². The van der Waals surface area contributed by atoms with Gasteiger partial charge in [-0.1, -0.05) is 0 Å². The van der Waals surface area contributed by atoms with Gasteiger partial charge >= 0.3 is 0 Å². The number of hydrogen-bond donors (Lipinski definition) is 1. The number of methoxy groups -OCH3 is 1. The van der Waals surface area contributed by atoms with E-state index in [1.807, 2.05) is 35.5 Å². The lowest BCUT2D eigenvalue weighted by atomic mass is 10.0. The van der Waals surface area contributed by atoms with Crippen LogP contribution in [0, 0.1) is 0 Å². The van der Waals surface area contributed by atoms with E-state index >= 15 is 0 Å². The van der Waals surface area contributed by atoms with Gasteiger partial charge in [-0.2, -0.15) is 11.3 Å². The van der Waals surface area contributed by atoms with E-state index in [1.165, 1.54) is 16.8 Å². The molecular weight excluding hydrogens is 382 g/mol. The second-order valence-corrected chi connectivity index (χ2v) is 8.25. The van der Waals surface area contributed by atoms with Crippen LogP contribution in [0.25, 0.3) is 10.9 Å². The highest BCUT2D eigenvalue weighted by atomic mass is 32.1. The molecule has 1 N–H and O–H groups in total. The molecular formula is C23H23N3O2S. The molecule has 6 heteroatoms. The monoisotopic (exact) mass is 405 g/mol. The third-order valence-corrected chi connectivity index (χ3v) is 6.52. The summed E-state index contributed by atoms with van der Waals surface area (Å²) in [6, 6.07) is 12.3. The summed E-state index contributed by atoms with van der Waals surface area (Å²) in [6.45, 7) is 1.39. The predicted octanol–water partition coefficient (Wildman–Crippen LogP) is 4.60. The molecule has 4 heterocycles. The van der Waals surface area contributed by atoms with Crippen LogP contribution in [0.4, 0.5) is 0 Å². The van der Waals surface area contributed by atoms with E-state index in [0.717, 1.165) is 29.6 Å². The van der Waals surface area contributed by atoms with E-state index in [9.17, 15) is 4.79 Å². The smallest absolute Gasteiger partial charge is 0.225 e. The maximum atomic E-state index is 13.3. The lowest BCUT2D eigenvalue weighted by molar-refractivity contribution is -0.132. The van der Waals surface area contributed by atoms with Gasteiger partial charge < -0.3 is 19.2 Å². The van der Waals surface area contributed by atoms with E-state index < -0.39 is 0 Å². The average molecular weight is 406 g/mol. The summed E-state index contributed by atoms with van der Waals surface area (Å²) in [5.41, 5.74) is 4.74. The minimum absolute atomic E-state index is 0.0354. The van der Waals surface area contributed by atoms with Gasteiger partial charge in [0.25, 0.3) is 0 Å². The molecule has 0 radical (unpaired) electrons. The number of benzene rings is 1. The Morgan fingerprint density at radius 3 is 2.90 bits per heavy atom. The van der Waals surface area contributed by atoms with Gasteiger partial charge in [-0.3, -0.25) is 4.79 Å². The molecule has 1 aliphatic rings. The largest absolute Gasteiger partial charge is 0.497 e. The first-order valence-electron chi connectivity index (χ1n) is 9.82. The Bertz CT molecular complexity index is 1090. The van der Waals surface area contributed by atoms with Crippen LogP contribution >= 0.6 is 11.3 Å². The summed E-state index contributed by atoms with van der Waals surface area (Å²) < 4.78 is 7.53. The molecule has 29 heavy (non-hydrogen) atoms. The van der Waals surface area contributed by atoms with Crippen LogP contribution in [0.15, 0.2) is 59.6 Å². The number of fused-ring (bicyclic) bond motifs is 3. The number of carbonyl (C=O) groups is 1. The van der Waals surface area contributed by atoms with Crippen molar-refractivity contribution >= 4 is 28.1 Å². The molecule has 5 nitrogen and oxygen atoms in total. The zero-order chi connectivity index (χ0) is 19.8.